The highest BCUT2D eigenvalue weighted by atomic mass is 35.5. The van der Waals surface area contributed by atoms with Crippen LogP contribution in [0.15, 0.2) is 51.4 Å². The van der Waals surface area contributed by atoms with Crippen molar-refractivity contribution in [3.63, 3.8) is 0 Å². The Morgan fingerprint density at radius 3 is 2.52 bits per heavy atom. The fourth-order valence-electron chi connectivity index (χ4n) is 1.65. The van der Waals surface area contributed by atoms with Crippen LogP contribution in [0.2, 0.25) is 5.02 Å². The van der Waals surface area contributed by atoms with Crippen molar-refractivity contribution in [1.29, 1.82) is 5.26 Å². The largest absolute Gasteiger partial charge is 0.417 e. The maximum atomic E-state index is 12.6. The normalized spacial score (nSPS) is 11.9. The Kier molecular flexibility index (Phi) is 6.58. The van der Waals surface area contributed by atoms with Gasteiger partial charge < -0.3 is 0 Å². The Labute approximate surface area is 155 Å². The molecule has 0 amide bonds. The Morgan fingerprint density at radius 2 is 2.00 bits per heavy atom. The van der Waals surface area contributed by atoms with Crippen LogP contribution in [-0.4, -0.2) is 16.4 Å². The predicted octanol–water partition coefficient (Wildman–Crippen LogP) is 5.33. The van der Waals surface area contributed by atoms with Crippen LogP contribution in [0.1, 0.15) is 5.56 Å². The van der Waals surface area contributed by atoms with Gasteiger partial charge in [-0.05, 0) is 36.6 Å². The van der Waals surface area contributed by atoms with Gasteiger partial charge in [-0.15, -0.1) is 0 Å². The molecular weight excluding hydrogens is 393 g/mol. The first-order chi connectivity index (χ1) is 11.8. The zero-order chi connectivity index (χ0) is 18.4. The van der Waals surface area contributed by atoms with E-state index in [-0.39, 0.29) is 10.0 Å². The third-order valence-electron chi connectivity index (χ3n) is 2.77. The summed E-state index contributed by atoms with van der Waals surface area (Å²) >= 11 is 8.33. The number of aromatic nitrogens is 1. The predicted molar refractivity (Wildman–Crippen MR) is 94.2 cm³/mol. The van der Waals surface area contributed by atoms with Gasteiger partial charge in [0.25, 0.3) is 0 Å². The fraction of sp³-hybridized carbons (Fsp3) is 0.133. The second-order valence-electron chi connectivity index (χ2n) is 4.46. The summed E-state index contributed by atoms with van der Waals surface area (Å²) in [6.45, 7) is 0. The van der Waals surface area contributed by atoms with E-state index in [4.69, 9.17) is 16.9 Å². The molecule has 2 aromatic rings. The van der Waals surface area contributed by atoms with Crippen molar-refractivity contribution >= 4 is 46.0 Å². The summed E-state index contributed by atoms with van der Waals surface area (Å²) in [5, 5.41) is 11.7. The molecule has 1 aromatic heterocycles. The van der Waals surface area contributed by atoms with Gasteiger partial charge in [0, 0.05) is 11.1 Å². The molecule has 2 rings (SSSR count). The van der Waals surface area contributed by atoms with Crippen molar-refractivity contribution in [3.8, 4) is 6.19 Å². The molecule has 1 aromatic carbocycles. The molecule has 130 valence electrons. The molecule has 4 nitrogen and oxygen atoms in total. The Balaban J connectivity index is 2.15. The molecule has 0 radical (unpaired) electrons. The van der Waals surface area contributed by atoms with Crippen molar-refractivity contribution in [3.05, 3.63) is 47.1 Å². The topological polar surface area (TPSA) is 61.1 Å². The summed E-state index contributed by atoms with van der Waals surface area (Å²) in [6.07, 6.45) is -0.146. The number of aliphatic imine (C=N–C) groups is 1. The van der Waals surface area contributed by atoms with Crippen LogP contribution < -0.4 is 5.32 Å². The molecule has 1 N–H and O–H groups in total. The maximum Gasteiger partial charge on any atom is 0.417 e. The number of thioether (sulfide) groups is 1. The highest BCUT2D eigenvalue weighted by Gasteiger charge is 2.31. The van der Waals surface area contributed by atoms with E-state index in [1.165, 1.54) is 11.8 Å². The van der Waals surface area contributed by atoms with Gasteiger partial charge in [0.15, 0.2) is 11.4 Å². The smallest absolute Gasteiger partial charge is 0.271 e. The first-order valence-corrected chi connectivity index (χ1v) is 9.04. The third-order valence-corrected chi connectivity index (χ3v) is 4.78. The van der Waals surface area contributed by atoms with Crippen molar-refractivity contribution < 1.29 is 13.2 Å². The molecule has 0 atom stereocenters. The lowest BCUT2D eigenvalue weighted by Crippen LogP contribution is -2.12. The number of alkyl halides is 3. The minimum atomic E-state index is -4.48. The number of nitrogens with zero attached hydrogens (tertiary/aromatic N) is 3. The SMILES string of the molecule is CSC(=Nc1ccc(Sc2ncc(C(F)(F)F)cc2Cl)cc1)NC#N. The monoisotopic (exact) mass is 402 g/mol. The molecule has 0 bridgehead atoms. The van der Waals surface area contributed by atoms with E-state index < -0.39 is 11.7 Å². The summed E-state index contributed by atoms with van der Waals surface area (Å²) in [7, 11) is 0. The molecular formula is C15H10ClF3N4S2. The Hall–Kier alpha value is -1.89. The van der Waals surface area contributed by atoms with Crippen molar-refractivity contribution in [2.75, 3.05) is 6.26 Å². The summed E-state index contributed by atoms with van der Waals surface area (Å²) in [4.78, 5) is 8.77. The third kappa shape index (κ3) is 5.56. The molecule has 0 spiro atoms. The summed E-state index contributed by atoms with van der Waals surface area (Å²) in [6, 6.07) is 7.77. The van der Waals surface area contributed by atoms with Crippen molar-refractivity contribution in [2.24, 2.45) is 4.99 Å². The average Bonchev–Trinajstić information content (AvgIpc) is 2.57. The minimum Gasteiger partial charge on any atom is -0.271 e. The fourth-order valence-corrected chi connectivity index (χ4v) is 3.03. The summed E-state index contributed by atoms with van der Waals surface area (Å²) in [5.41, 5.74) is -0.260. The van der Waals surface area contributed by atoms with E-state index in [1.54, 1.807) is 36.7 Å². The molecule has 0 unspecified atom stereocenters. The van der Waals surface area contributed by atoms with E-state index in [0.717, 1.165) is 28.9 Å². The molecule has 0 saturated heterocycles. The molecule has 0 aliphatic rings. The quantitative estimate of drug-likeness (QED) is 0.325. The average molecular weight is 403 g/mol. The zero-order valence-corrected chi connectivity index (χ0v) is 15.0. The van der Waals surface area contributed by atoms with Crippen LogP contribution in [0.4, 0.5) is 18.9 Å². The molecule has 0 aliphatic carbocycles. The maximum absolute atomic E-state index is 12.6. The molecule has 1 heterocycles. The molecule has 25 heavy (non-hydrogen) atoms. The van der Waals surface area contributed by atoms with Gasteiger partial charge >= 0.3 is 6.18 Å². The number of pyridine rings is 1. The number of benzene rings is 1. The van der Waals surface area contributed by atoms with Crippen molar-refractivity contribution in [2.45, 2.75) is 16.1 Å². The van der Waals surface area contributed by atoms with Gasteiger partial charge in [-0.3, -0.25) is 5.32 Å². The van der Waals surface area contributed by atoms with Gasteiger partial charge in [-0.2, -0.15) is 18.4 Å². The van der Waals surface area contributed by atoms with Crippen LogP contribution in [0.3, 0.4) is 0 Å². The van der Waals surface area contributed by atoms with Gasteiger partial charge in [-0.25, -0.2) is 9.98 Å². The first kappa shape index (κ1) is 19.4. The molecule has 10 heteroatoms. The van der Waals surface area contributed by atoms with E-state index in [1.807, 2.05) is 0 Å². The lowest BCUT2D eigenvalue weighted by Gasteiger charge is -2.09. The highest BCUT2D eigenvalue weighted by molar-refractivity contribution is 8.13. The highest BCUT2D eigenvalue weighted by Crippen LogP contribution is 2.36. The van der Waals surface area contributed by atoms with Crippen LogP contribution in [0, 0.1) is 11.5 Å². The number of nitrogens with one attached hydrogen (secondary N) is 1. The van der Waals surface area contributed by atoms with Crippen LogP contribution in [-0.2, 0) is 6.18 Å². The zero-order valence-electron chi connectivity index (χ0n) is 12.6. The standard InChI is InChI=1S/C15H10ClF3N4S2/c1-24-14(22-8-20)23-10-2-4-11(5-3-10)25-13-12(16)6-9(7-21-13)15(17,18)19/h2-7H,1H3,(H,22,23). The number of halogens is 4. The number of nitriles is 1. The Bertz CT molecular complexity index is 817. The van der Waals surface area contributed by atoms with Crippen LogP contribution in [0.5, 0.6) is 0 Å². The number of rotatable bonds is 3. The second-order valence-corrected chi connectivity index (χ2v) is 6.73. The van der Waals surface area contributed by atoms with E-state index >= 15 is 0 Å². The van der Waals surface area contributed by atoms with E-state index in [0.29, 0.717) is 10.9 Å². The van der Waals surface area contributed by atoms with E-state index in [2.05, 4.69) is 15.3 Å². The summed E-state index contributed by atoms with van der Waals surface area (Å²) < 4.78 is 37.8. The molecule has 0 saturated carbocycles. The van der Waals surface area contributed by atoms with Crippen molar-refractivity contribution in [1.82, 2.24) is 10.3 Å². The Morgan fingerprint density at radius 1 is 1.32 bits per heavy atom. The lowest BCUT2D eigenvalue weighted by atomic mass is 10.3. The van der Waals surface area contributed by atoms with Gasteiger partial charge in [0.05, 0.1) is 16.3 Å². The van der Waals surface area contributed by atoms with E-state index in [9.17, 15) is 13.2 Å². The number of hydrogen-bond donors (Lipinski definition) is 1. The minimum absolute atomic E-state index is 0.0650. The second kappa shape index (κ2) is 8.47. The molecule has 0 fully saturated rings. The van der Waals surface area contributed by atoms with Crippen LogP contribution in [0.25, 0.3) is 0 Å². The molecule has 0 aliphatic heterocycles. The first-order valence-electron chi connectivity index (χ1n) is 6.62. The lowest BCUT2D eigenvalue weighted by molar-refractivity contribution is -0.137. The van der Waals surface area contributed by atoms with Gasteiger partial charge in [0.2, 0.25) is 0 Å². The number of hydrogen-bond acceptors (Lipinski definition) is 5. The van der Waals surface area contributed by atoms with Gasteiger partial charge in [-0.1, -0.05) is 35.1 Å². The van der Waals surface area contributed by atoms with Crippen LogP contribution >= 0.6 is 35.1 Å². The number of amidine groups is 1. The van der Waals surface area contributed by atoms with Gasteiger partial charge in [0.1, 0.15) is 5.03 Å². The summed E-state index contributed by atoms with van der Waals surface area (Å²) in [5.74, 6) is 0.